The van der Waals surface area contributed by atoms with Gasteiger partial charge in [0.25, 0.3) is 5.91 Å². The second-order valence-corrected chi connectivity index (χ2v) is 8.91. The van der Waals surface area contributed by atoms with E-state index in [4.69, 9.17) is 14.6 Å². The van der Waals surface area contributed by atoms with Gasteiger partial charge in [0.05, 0.1) is 25.3 Å². The van der Waals surface area contributed by atoms with Crippen LogP contribution in [-0.2, 0) is 14.3 Å². The van der Waals surface area contributed by atoms with Gasteiger partial charge in [0.15, 0.2) is 0 Å². The van der Waals surface area contributed by atoms with E-state index in [1.165, 1.54) is 0 Å². The first-order chi connectivity index (χ1) is 15.5. The Kier molecular flexibility index (Phi) is 7.61. The first-order valence-corrected chi connectivity index (χ1v) is 10.9. The Labute approximate surface area is 189 Å². The van der Waals surface area contributed by atoms with Crippen molar-refractivity contribution in [3.63, 3.8) is 0 Å². The van der Waals surface area contributed by atoms with E-state index < -0.39 is 12.1 Å². The van der Waals surface area contributed by atoms with E-state index in [2.05, 4.69) is 4.98 Å². The number of amides is 2. The van der Waals surface area contributed by atoms with Crippen molar-refractivity contribution in [1.29, 1.82) is 0 Å². The largest absolute Gasteiger partial charge is 0.490 e. The number of carbonyl (C=O) groups excluding carboxylic acids is 2. The number of aliphatic carboxylic acids is 1. The predicted molar refractivity (Wildman–Crippen MR) is 110 cm³/mol. The van der Waals surface area contributed by atoms with Crippen molar-refractivity contribution >= 4 is 17.8 Å². The van der Waals surface area contributed by atoms with E-state index in [9.17, 15) is 22.8 Å². The van der Waals surface area contributed by atoms with Crippen LogP contribution >= 0.6 is 0 Å². The predicted octanol–water partition coefficient (Wildman–Crippen LogP) is 2.66. The molecule has 3 saturated heterocycles. The fourth-order valence-electron chi connectivity index (χ4n) is 4.32. The van der Waals surface area contributed by atoms with Crippen molar-refractivity contribution in [2.24, 2.45) is 5.92 Å². The summed E-state index contributed by atoms with van der Waals surface area (Å²) in [5, 5.41) is 7.12. The molecule has 4 rings (SSSR count). The maximum absolute atomic E-state index is 12.6. The SMILES string of the molecule is Cc1cncc(C(=O)N2CC3(CCC(CN4CCCCC4=O)CO3)C2)c1.O=C(O)C(F)(F)F. The molecule has 1 aromatic heterocycles. The number of halogens is 3. The summed E-state index contributed by atoms with van der Waals surface area (Å²) in [6.07, 6.45) is 3.18. The number of pyridine rings is 1. The molecule has 0 bridgehead atoms. The smallest absolute Gasteiger partial charge is 0.475 e. The highest BCUT2D eigenvalue weighted by atomic mass is 19.4. The van der Waals surface area contributed by atoms with E-state index in [1.54, 1.807) is 12.4 Å². The average molecular weight is 471 g/mol. The Morgan fingerprint density at radius 1 is 1.27 bits per heavy atom. The van der Waals surface area contributed by atoms with Gasteiger partial charge in [0, 0.05) is 37.8 Å². The van der Waals surface area contributed by atoms with Gasteiger partial charge in [0.1, 0.15) is 5.60 Å². The molecular weight excluding hydrogens is 443 g/mol. The molecule has 0 aliphatic carbocycles. The highest BCUT2D eigenvalue weighted by molar-refractivity contribution is 5.94. The summed E-state index contributed by atoms with van der Waals surface area (Å²) < 4.78 is 37.9. The molecule has 0 radical (unpaired) electrons. The van der Waals surface area contributed by atoms with Crippen LogP contribution in [0.5, 0.6) is 0 Å². The minimum atomic E-state index is -5.08. The number of alkyl halides is 3. The highest BCUT2D eigenvalue weighted by Crippen LogP contribution is 2.37. The van der Waals surface area contributed by atoms with Crippen LogP contribution in [0.25, 0.3) is 0 Å². The van der Waals surface area contributed by atoms with Crippen LogP contribution in [0.3, 0.4) is 0 Å². The molecule has 11 heteroatoms. The zero-order valence-corrected chi connectivity index (χ0v) is 18.4. The Morgan fingerprint density at radius 3 is 2.52 bits per heavy atom. The van der Waals surface area contributed by atoms with E-state index in [1.807, 2.05) is 22.8 Å². The summed E-state index contributed by atoms with van der Waals surface area (Å²) in [4.78, 5) is 41.4. The first kappa shape index (κ1) is 24.9. The van der Waals surface area contributed by atoms with Crippen molar-refractivity contribution in [3.8, 4) is 0 Å². The Balaban J connectivity index is 0.000000383. The van der Waals surface area contributed by atoms with Crippen molar-refractivity contribution in [3.05, 3.63) is 29.6 Å². The minimum Gasteiger partial charge on any atom is -0.475 e. The van der Waals surface area contributed by atoms with Gasteiger partial charge in [-0.15, -0.1) is 0 Å². The third-order valence-corrected chi connectivity index (χ3v) is 6.14. The van der Waals surface area contributed by atoms with Crippen LogP contribution in [0.15, 0.2) is 18.5 Å². The third kappa shape index (κ3) is 6.43. The van der Waals surface area contributed by atoms with Crippen molar-refractivity contribution < 1.29 is 37.4 Å². The number of piperidine rings is 1. The fraction of sp³-hybridized carbons (Fsp3) is 0.636. The molecule has 8 nitrogen and oxygen atoms in total. The highest BCUT2D eigenvalue weighted by Gasteiger charge is 2.48. The molecule has 3 fully saturated rings. The van der Waals surface area contributed by atoms with Gasteiger partial charge >= 0.3 is 12.1 Å². The summed E-state index contributed by atoms with van der Waals surface area (Å²) in [5.74, 6) is -2.00. The molecule has 0 aromatic carbocycles. The summed E-state index contributed by atoms with van der Waals surface area (Å²) >= 11 is 0. The molecular formula is C22H28F3N3O5. The van der Waals surface area contributed by atoms with Gasteiger partial charge in [-0.3, -0.25) is 14.6 Å². The van der Waals surface area contributed by atoms with Crippen LogP contribution < -0.4 is 0 Å². The number of aromatic nitrogens is 1. The number of carbonyl (C=O) groups is 3. The Morgan fingerprint density at radius 2 is 1.97 bits per heavy atom. The summed E-state index contributed by atoms with van der Waals surface area (Å²) in [7, 11) is 0. The molecule has 1 aromatic rings. The van der Waals surface area contributed by atoms with Crippen LogP contribution in [0.4, 0.5) is 13.2 Å². The fourth-order valence-corrected chi connectivity index (χ4v) is 4.32. The number of rotatable bonds is 3. The van der Waals surface area contributed by atoms with Gasteiger partial charge in [0.2, 0.25) is 5.91 Å². The van der Waals surface area contributed by atoms with Crippen LogP contribution in [0.1, 0.15) is 48.0 Å². The van der Waals surface area contributed by atoms with Gasteiger partial charge in [-0.05, 0) is 44.2 Å². The zero-order chi connectivity index (χ0) is 24.2. The first-order valence-electron chi connectivity index (χ1n) is 10.9. The number of ether oxygens (including phenoxy) is 1. The molecule has 1 N–H and O–H groups in total. The van der Waals surface area contributed by atoms with Crippen LogP contribution in [0.2, 0.25) is 0 Å². The van der Waals surface area contributed by atoms with E-state index in [0.717, 1.165) is 44.3 Å². The van der Waals surface area contributed by atoms with E-state index in [-0.39, 0.29) is 11.5 Å². The molecule has 33 heavy (non-hydrogen) atoms. The zero-order valence-electron chi connectivity index (χ0n) is 18.4. The average Bonchev–Trinajstić information content (AvgIpc) is 2.74. The monoisotopic (exact) mass is 471 g/mol. The van der Waals surface area contributed by atoms with E-state index in [0.29, 0.717) is 43.5 Å². The lowest BCUT2D eigenvalue weighted by Gasteiger charge is -2.53. The van der Waals surface area contributed by atoms with Crippen molar-refractivity contribution in [1.82, 2.24) is 14.8 Å². The topological polar surface area (TPSA) is 100 Å². The number of hydrogen-bond donors (Lipinski definition) is 1. The number of aryl methyl sites for hydroxylation is 1. The molecule has 3 aliphatic heterocycles. The quantitative estimate of drug-likeness (QED) is 0.728. The molecule has 0 saturated carbocycles. The van der Waals surface area contributed by atoms with Gasteiger partial charge in [-0.2, -0.15) is 13.2 Å². The second kappa shape index (κ2) is 10.1. The number of hydrogen-bond acceptors (Lipinski definition) is 5. The lowest BCUT2D eigenvalue weighted by atomic mass is 9.82. The number of likely N-dealkylation sites (tertiary alicyclic amines) is 2. The maximum Gasteiger partial charge on any atom is 0.490 e. The summed E-state index contributed by atoms with van der Waals surface area (Å²) in [6.45, 7) is 5.68. The molecule has 182 valence electrons. The number of carboxylic acids is 1. The molecule has 2 amide bonds. The number of nitrogens with zero attached hydrogens (tertiary/aromatic N) is 3. The minimum absolute atomic E-state index is 0.0384. The third-order valence-electron chi connectivity index (χ3n) is 6.14. The standard InChI is InChI=1S/C20H27N3O3.C2HF3O2/c1-15-8-17(10-21-9-15)19(25)23-13-20(14-23)6-5-16(12-26-20)11-22-7-3-2-4-18(22)24;3-2(4,5)1(6)7/h8-10,16H,2-7,11-14H2,1H3;(H,6,7). The lowest BCUT2D eigenvalue weighted by molar-refractivity contribution is -0.192. The Bertz CT molecular complexity index is 876. The van der Waals surface area contributed by atoms with E-state index >= 15 is 0 Å². The summed E-state index contributed by atoms with van der Waals surface area (Å²) in [6, 6.07) is 1.88. The molecule has 1 atom stereocenters. The van der Waals surface area contributed by atoms with Crippen LogP contribution in [-0.4, -0.2) is 82.2 Å². The Hall–Kier alpha value is -2.69. The number of carboxylic acid groups (broad SMARTS) is 1. The lowest BCUT2D eigenvalue weighted by Crippen LogP contribution is -2.66. The molecule has 1 spiro atoms. The second-order valence-electron chi connectivity index (χ2n) is 8.91. The van der Waals surface area contributed by atoms with Gasteiger partial charge < -0.3 is 19.6 Å². The maximum atomic E-state index is 12.6. The normalized spacial score (nSPS) is 22.3. The van der Waals surface area contributed by atoms with Crippen molar-refractivity contribution in [2.45, 2.75) is 50.8 Å². The molecule has 1 unspecified atom stereocenters. The molecule has 3 aliphatic rings. The van der Waals surface area contributed by atoms with Gasteiger partial charge in [-0.25, -0.2) is 4.79 Å². The molecule has 4 heterocycles. The van der Waals surface area contributed by atoms with Crippen molar-refractivity contribution in [2.75, 3.05) is 32.8 Å². The van der Waals surface area contributed by atoms with Gasteiger partial charge in [-0.1, -0.05) is 0 Å². The van der Waals surface area contributed by atoms with Crippen LogP contribution in [0, 0.1) is 12.8 Å². The summed E-state index contributed by atoms with van der Waals surface area (Å²) in [5.41, 5.74) is 1.47.